The fourth-order valence-corrected chi connectivity index (χ4v) is 4.94. The van der Waals surface area contributed by atoms with Crippen LogP contribution in [-0.4, -0.2) is 20.7 Å². The Balaban J connectivity index is 1.30. The Kier molecular flexibility index (Phi) is 6.55. The van der Waals surface area contributed by atoms with E-state index in [0.717, 1.165) is 16.1 Å². The monoisotopic (exact) mass is 490 g/mol. The third-order valence-electron chi connectivity index (χ3n) is 5.05. The Labute approximate surface area is 203 Å². The summed E-state index contributed by atoms with van der Waals surface area (Å²) in [6.45, 7) is 0.342. The van der Waals surface area contributed by atoms with Gasteiger partial charge in [0, 0.05) is 17.0 Å². The van der Waals surface area contributed by atoms with E-state index in [1.807, 2.05) is 40.3 Å². The molecule has 0 fully saturated rings. The number of thiophene rings is 1. The van der Waals surface area contributed by atoms with E-state index in [9.17, 15) is 9.18 Å². The molecule has 1 N–H and O–H groups in total. The predicted molar refractivity (Wildman–Crippen MR) is 131 cm³/mol. The summed E-state index contributed by atoms with van der Waals surface area (Å²) >= 11 is 3.10. The van der Waals surface area contributed by atoms with Crippen molar-refractivity contribution in [3.05, 3.63) is 107 Å². The summed E-state index contributed by atoms with van der Waals surface area (Å²) in [5, 5.41) is 14.3. The van der Waals surface area contributed by atoms with Gasteiger partial charge in [0.25, 0.3) is 5.91 Å². The van der Waals surface area contributed by atoms with E-state index in [0.29, 0.717) is 34.6 Å². The first-order chi connectivity index (χ1) is 16.7. The van der Waals surface area contributed by atoms with Crippen LogP contribution in [0.4, 0.5) is 4.39 Å². The zero-order chi connectivity index (χ0) is 23.3. The molecule has 0 saturated heterocycles. The van der Waals surface area contributed by atoms with Gasteiger partial charge in [0.2, 0.25) is 0 Å². The second-order valence-electron chi connectivity index (χ2n) is 7.34. The maximum absolute atomic E-state index is 13.5. The second kappa shape index (κ2) is 10.1. The van der Waals surface area contributed by atoms with Crippen molar-refractivity contribution in [2.75, 3.05) is 0 Å². The molecule has 0 aliphatic rings. The van der Waals surface area contributed by atoms with Gasteiger partial charge in [0.05, 0.1) is 17.7 Å². The number of aromatic nitrogens is 3. The molecule has 0 spiro atoms. The highest BCUT2D eigenvalue weighted by Gasteiger charge is 2.17. The van der Waals surface area contributed by atoms with Crippen molar-refractivity contribution in [2.24, 2.45) is 0 Å². The SMILES string of the molecule is O=C(NCc1ccco1)c1ccc(CSc2nnc(-c3cccs3)n2-c2ccc(F)cc2)cc1. The van der Waals surface area contributed by atoms with Crippen LogP contribution in [-0.2, 0) is 12.3 Å². The predicted octanol–water partition coefficient (Wildman–Crippen LogP) is 5.95. The lowest BCUT2D eigenvalue weighted by atomic mass is 10.1. The van der Waals surface area contributed by atoms with E-state index >= 15 is 0 Å². The number of nitrogens with zero attached hydrogens (tertiary/aromatic N) is 3. The first-order valence-corrected chi connectivity index (χ1v) is 12.3. The van der Waals surface area contributed by atoms with Crippen LogP contribution in [0.1, 0.15) is 21.7 Å². The molecule has 0 aliphatic heterocycles. The molecular formula is C25H19FN4O2S2. The molecule has 9 heteroatoms. The van der Waals surface area contributed by atoms with E-state index in [1.54, 1.807) is 47.9 Å². The molecule has 0 aliphatic carbocycles. The number of halogens is 1. The van der Waals surface area contributed by atoms with Crippen LogP contribution < -0.4 is 5.32 Å². The van der Waals surface area contributed by atoms with Crippen molar-refractivity contribution in [3.8, 4) is 16.4 Å². The Morgan fingerprint density at radius 2 is 1.85 bits per heavy atom. The summed E-state index contributed by atoms with van der Waals surface area (Å²) in [5.74, 6) is 1.60. The van der Waals surface area contributed by atoms with Gasteiger partial charge in [-0.2, -0.15) is 0 Å². The van der Waals surface area contributed by atoms with Crippen molar-refractivity contribution in [1.82, 2.24) is 20.1 Å². The summed E-state index contributed by atoms with van der Waals surface area (Å²) in [5.41, 5.74) is 2.41. The summed E-state index contributed by atoms with van der Waals surface area (Å²) in [7, 11) is 0. The molecule has 0 bridgehead atoms. The molecule has 6 nitrogen and oxygen atoms in total. The molecule has 2 aromatic carbocycles. The Hall–Kier alpha value is -3.69. The molecule has 3 heterocycles. The summed E-state index contributed by atoms with van der Waals surface area (Å²) < 4.78 is 20.7. The van der Waals surface area contributed by atoms with Gasteiger partial charge in [0.1, 0.15) is 11.6 Å². The van der Waals surface area contributed by atoms with Gasteiger partial charge in [0.15, 0.2) is 11.0 Å². The number of rotatable bonds is 8. The molecule has 0 atom stereocenters. The fraction of sp³-hybridized carbons (Fsp3) is 0.0800. The van der Waals surface area contributed by atoms with E-state index in [4.69, 9.17) is 4.42 Å². The minimum atomic E-state index is -0.294. The fourth-order valence-electron chi connectivity index (χ4n) is 3.33. The molecule has 34 heavy (non-hydrogen) atoms. The van der Waals surface area contributed by atoms with Crippen LogP contribution in [0.2, 0.25) is 0 Å². The van der Waals surface area contributed by atoms with Crippen LogP contribution in [0.15, 0.2) is 94.0 Å². The van der Waals surface area contributed by atoms with Crippen molar-refractivity contribution in [1.29, 1.82) is 0 Å². The molecule has 5 aromatic rings. The highest BCUT2D eigenvalue weighted by molar-refractivity contribution is 7.98. The average molecular weight is 491 g/mol. The molecule has 170 valence electrons. The molecule has 1 amide bonds. The molecule has 0 radical (unpaired) electrons. The number of carbonyl (C=O) groups is 1. The first kappa shape index (κ1) is 22.1. The average Bonchev–Trinajstić information content (AvgIpc) is 3.64. The summed E-state index contributed by atoms with van der Waals surface area (Å²) in [6.07, 6.45) is 1.58. The Morgan fingerprint density at radius 3 is 2.56 bits per heavy atom. The van der Waals surface area contributed by atoms with Gasteiger partial charge >= 0.3 is 0 Å². The number of hydrogen-bond acceptors (Lipinski definition) is 6. The van der Waals surface area contributed by atoms with Crippen LogP contribution in [0.5, 0.6) is 0 Å². The second-order valence-corrected chi connectivity index (χ2v) is 9.23. The van der Waals surface area contributed by atoms with Crippen molar-refractivity contribution in [2.45, 2.75) is 17.5 Å². The lowest BCUT2D eigenvalue weighted by Gasteiger charge is -2.10. The molecule has 3 aromatic heterocycles. The Bertz CT molecular complexity index is 1360. The standard InChI is InChI=1S/C25H19FN4O2S2/c26-19-9-11-20(12-10-19)30-23(22-4-2-14-33-22)28-29-25(30)34-16-17-5-7-18(8-6-17)24(31)27-15-21-3-1-13-32-21/h1-14H,15-16H2,(H,27,31). The highest BCUT2D eigenvalue weighted by Crippen LogP contribution is 2.31. The van der Waals surface area contributed by atoms with Gasteiger partial charge in [-0.25, -0.2) is 4.39 Å². The zero-order valence-electron chi connectivity index (χ0n) is 17.8. The molecule has 0 saturated carbocycles. The Morgan fingerprint density at radius 1 is 1.03 bits per heavy atom. The molecule has 0 unspecified atom stereocenters. The van der Waals surface area contributed by atoms with Gasteiger partial charge in [-0.3, -0.25) is 9.36 Å². The topological polar surface area (TPSA) is 73.0 Å². The maximum atomic E-state index is 13.5. The number of thioether (sulfide) groups is 1. The smallest absolute Gasteiger partial charge is 0.251 e. The normalized spacial score (nSPS) is 11.0. The lowest BCUT2D eigenvalue weighted by Crippen LogP contribution is -2.22. The highest BCUT2D eigenvalue weighted by atomic mass is 32.2. The number of carbonyl (C=O) groups excluding carboxylic acids is 1. The van der Waals surface area contributed by atoms with Crippen LogP contribution in [0, 0.1) is 5.82 Å². The summed E-state index contributed by atoms with van der Waals surface area (Å²) in [6, 6.07) is 21.3. The molecular weight excluding hydrogens is 471 g/mol. The van der Waals surface area contributed by atoms with Gasteiger partial charge in [-0.05, 0) is 65.5 Å². The first-order valence-electron chi connectivity index (χ1n) is 10.4. The quantitative estimate of drug-likeness (QED) is 0.272. The number of amides is 1. The number of hydrogen-bond donors (Lipinski definition) is 1. The van der Waals surface area contributed by atoms with Crippen molar-refractivity contribution >= 4 is 29.0 Å². The third-order valence-corrected chi connectivity index (χ3v) is 6.91. The summed E-state index contributed by atoms with van der Waals surface area (Å²) in [4.78, 5) is 13.3. The zero-order valence-corrected chi connectivity index (χ0v) is 19.5. The largest absolute Gasteiger partial charge is 0.467 e. The van der Waals surface area contributed by atoms with Crippen LogP contribution >= 0.6 is 23.1 Å². The van der Waals surface area contributed by atoms with Crippen LogP contribution in [0.25, 0.3) is 16.4 Å². The number of nitrogens with one attached hydrogen (secondary N) is 1. The van der Waals surface area contributed by atoms with E-state index < -0.39 is 0 Å². The van der Waals surface area contributed by atoms with Gasteiger partial charge in [-0.1, -0.05) is 30.0 Å². The van der Waals surface area contributed by atoms with Gasteiger partial charge in [-0.15, -0.1) is 21.5 Å². The van der Waals surface area contributed by atoms with Crippen molar-refractivity contribution in [3.63, 3.8) is 0 Å². The minimum Gasteiger partial charge on any atom is -0.467 e. The van der Waals surface area contributed by atoms with E-state index in [1.165, 1.54) is 23.9 Å². The van der Waals surface area contributed by atoms with Crippen LogP contribution in [0.3, 0.4) is 0 Å². The van der Waals surface area contributed by atoms with E-state index in [-0.39, 0.29) is 11.7 Å². The van der Waals surface area contributed by atoms with Crippen molar-refractivity contribution < 1.29 is 13.6 Å². The number of furan rings is 1. The number of benzene rings is 2. The maximum Gasteiger partial charge on any atom is 0.251 e. The third kappa shape index (κ3) is 4.95. The molecule has 5 rings (SSSR count). The van der Waals surface area contributed by atoms with E-state index in [2.05, 4.69) is 15.5 Å². The minimum absolute atomic E-state index is 0.160. The van der Waals surface area contributed by atoms with Gasteiger partial charge < -0.3 is 9.73 Å². The lowest BCUT2D eigenvalue weighted by molar-refractivity contribution is 0.0948.